The maximum absolute atomic E-state index is 2.31. The third-order valence-electron chi connectivity index (χ3n) is 0. The van der Waals surface area contributed by atoms with Crippen LogP contribution in [0.25, 0.3) is 0 Å². The fourth-order valence-corrected chi connectivity index (χ4v) is 0. The number of hydrogen-bond acceptors (Lipinski definition) is 0. The molecule has 0 aliphatic carbocycles. The van der Waals surface area contributed by atoms with E-state index in [0.29, 0.717) is 20.4 Å². The van der Waals surface area contributed by atoms with Crippen LogP contribution in [0.5, 0.6) is 0 Å². The molecule has 0 atom stereocenters. The zero-order valence-electron chi connectivity index (χ0n) is 6.28. The Labute approximate surface area is 61.8 Å². The van der Waals surface area contributed by atoms with Crippen LogP contribution in [-0.4, -0.2) is 34.5 Å². The second kappa shape index (κ2) is 10.3. The Morgan fingerprint density at radius 2 is 1.00 bits per heavy atom. The van der Waals surface area contributed by atoms with Gasteiger partial charge in [0.25, 0.3) is 14.1 Å². The Hall–Kier alpha value is 1.30. The van der Waals surface area contributed by atoms with Gasteiger partial charge in [0.1, 0.15) is 0 Å². The van der Waals surface area contributed by atoms with Gasteiger partial charge in [-0.3, -0.25) is 0 Å². The monoisotopic (exact) mass is 126 g/mol. The van der Waals surface area contributed by atoms with E-state index in [0.717, 1.165) is 0 Å². The number of rotatable bonds is 0. The molecular weight excluding hydrogens is 111 g/mol. The molecule has 0 amide bonds. The Morgan fingerprint density at radius 1 is 1.00 bits per heavy atom. The van der Waals surface area contributed by atoms with Crippen LogP contribution in [0, 0.1) is 0 Å². The van der Waals surface area contributed by atoms with E-state index >= 15 is 0 Å². The molecule has 0 aliphatic heterocycles. The highest BCUT2D eigenvalue weighted by molar-refractivity contribution is 6.54. The van der Waals surface area contributed by atoms with Gasteiger partial charge in [-0.1, -0.05) is 0 Å². The fraction of sp³-hybridized carbons (Fsp3) is 1.00. The first kappa shape index (κ1) is 11.1. The van der Waals surface area contributed by atoms with Crippen molar-refractivity contribution in [3.8, 4) is 0 Å². The molecule has 0 N–H and O–H groups in total. The topological polar surface area (TPSA) is 0 Å². The maximum Gasteiger partial charge on any atom is 0.356 e. The SMILES string of the molecule is [CH3][Al]([CH3])[CH3].[CH3][Mg][CH3]. The zero-order chi connectivity index (χ0) is 6.28. The summed E-state index contributed by atoms with van der Waals surface area (Å²) in [4.78, 5) is 0. The summed E-state index contributed by atoms with van der Waals surface area (Å²) in [5.41, 5.74) is 0. The molecule has 7 heavy (non-hydrogen) atoms. The highest BCUT2D eigenvalue weighted by Crippen LogP contribution is 1.68. The first-order valence-corrected chi connectivity index (χ1v) is 9.44. The van der Waals surface area contributed by atoms with Crippen molar-refractivity contribution >= 4 is 34.5 Å². The maximum atomic E-state index is 2.31. The third kappa shape index (κ3) is 121. The summed E-state index contributed by atoms with van der Waals surface area (Å²) >= 11 is 0.278. The number of hydrogen-bond donors (Lipinski definition) is 0. The molecule has 0 rings (SSSR count). The standard InChI is InChI=1S/5CH3.Al.Mg/h5*1H3;;. The van der Waals surface area contributed by atoms with E-state index in [2.05, 4.69) is 27.5 Å². The molecule has 0 aromatic rings. The summed E-state index contributed by atoms with van der Waals surface area (Å²) in [5.74, 6) is 6.92. The smallest absolute Gasteiger partial charge is 0.157 e. The van der Waals surface area contributed by atoms with Gasteiger partial charge in [0.2, 0.25) is 0 Å². The fourth-order valence-electron chi connectivity index (χ4n) is 0. The summed E-state index contributed by atoms with van der Waals surface area (Å²) in [7, 11) is 0. The van der Waals surface area contributed by atoms with Crippen LogP contribution >= 0.6 is 0 Å². The summed E-state index contributed by atoms with van der Waals surface area (Å²) in [6.07, 6.45) is 0. The zero-order valence-corrected chi connectivity index (χ0v) is 8.85. The predicted octanol–water partition coefficient (Wildman–Crippen LogP) is 2.16. The van der Waals surface area contributed by atoms with Crippen molar-refractivity contribution < 1.29 is 0 Å². The van der Waals surface area contributed by atoms with Gasteiger partial charge in [-0.2, -0.15) is 10.1 Å². The molecular formula is C5H15AlMg. The lowest BCUT2D eigenvalue weighted by atomic mass is 11.8. The van der Waals surface area contributed by atoms with E-state index in [1.54, 1.807) is 0 Å². The second-order valence-corrected chi connectivity index (χ2v) is 7.32. The Balaban J connectivity index is 0. The molecule has 0 radical (unpaired) electrons. The van der Waals surface area contributed by atoms with Crippen LogP contribution in [0.1, 0.15) is 0 Å². The Kier molecular flexibility index (Phi) is 16.4. The molecule has 0 fully saturated rings. The van der Waals surface area contributed by atoms with Gasteiger partial charge >= 0.3 is 20.4 Å². The van der Waals surface area contributed by atoms with Gasteiger partial charge in [0.05, 0.1) is 0 Å². The average Bonchev–Trinajstić information content (AvgIpc) is 1.33. The van der Waals surface area contributed by atoms with Gasteiger partial charge in [0.15, 0.2) is 0 Å². The van der Waals surface area contributed by atoms with E-state index < -0.39 is 0 Å². The van der Waals surface area contributed by atoms with Crippen molar-refractivity contribution in [3.63, 3.8) is 0 Å². The van der Waals surface area contributed by atoms with Crippen molar-refractivity contribution in [3.05, 3.63) is 0 Å². The molecule has 0 bridgehead atoms. The van der Waals surface area contributed by atoms with Crippen molar-refractivity contribution in [2.45, 2.75) is 27.5 Å². The normalized spacial score (nSPS) is 5.29. The highest BCUT2D eigenvalue weighted by atomic mass is 27.2. The molecule has 0 aromatic heterocycles. The predicted molar refractivity (Wildman–Crippen MR) is 40.8 cm³/mol. The van der Waals surface area contributed by atoms with Crippen LogP contribution in [-0.2, 0) is 0 Å². The summed E-state index contributed by atoms with van der Waals surface area (Å²) in [6.45, 7) is 0. The van der Waals surface area contributed by atoms with Gasteiger partial charge in [-0.25, -0.2) is 0 Å². The van der Waals surface area contributed by atoms with Crippen molar-refractivity contribution in [1.29, 1.82) is 0 Å². The van der Waals surface area contributed by atoms with Crippen molar-refractivity contribution in [2.24, 2.45) is 0 Å². The van der Waals surface area contributed by atoms with Crippen LogP contribution in [0.2, 0.25) is 27.5 Å². The first-order valence-electron chi connectivity index (χ1n) is 3.15. The molecule has 0 aromatic carbocycles. The average molecular weight is 126 g/mol. The quantitative estimate of drug-likeness (QED) is 0.436. The van der Waals surface area contributed by atoms with E-state index in [4.69, 9.17) is 0 Å². The minimum Gasteiger partial charge on any atom is -0.157 e. The summed E-state index contributed by atoms with van der Waals surface area (Å²) in [6, 6.07) is 0. The second-order valence-electron chi connectivity index (χ2n) is 2.44. The molecule has 0 unspecified atom stereocenters. The van der Waals surface area contributed by atoms with Gasteiger partial charge in [-0.15, -0.1) is 17.4 Å². The molecule has 40 valence electrons. The lowest BCUT2D eigenvalue weighted by molar-refractivity contribution is 1.91. The summed E-state index contributed by atoms with van der Waals surface area (Å²) in [5, 5.41) is 4.53. The van der Waals surface area contributed by atoms with E-state index in [1.807, 2.05) is 0 Å². The lowest BCUT2D eigenvalue weighted by Gasteiger charge is -1.67. The van der Waals surface area contributed by atoms with Crippen molar-refractivity contribution in [2.75, 3.05) is 0 Å². The largest absolute Gasteiger partial charge is 0.356 e. The lowest BCUT2D eigenvalue weighted by Crippen LogP contribution is -1.84. The van der Waals surface area contributed by atoms with Gasteiger partial charge in [-0.05, 0) is 0 Å². The molecule has 0 aliphatic rings. The summed E-state index contributed by atoms with van der Waals surface area (Å²) < 4.78 is 0. The minimum absolute atomic E-state index is 0.139. The Bertz CT molecular complexity index is 19.3. The Morgan fingerprint density at radius 3 is 1.00 bits per heavy atom. The van der Waals surface area contributed by atoms with Gasteiger partial charge < -0.3 is 0 Å². The van der Waals surface area contributed by atoms with Crippen molar-refractivity contribution in [1.82, 2.24) is 0 Å². The van der Waals surface area contributed by atoms with Crippen LogP contribution in [0.3, 0.4) is 0 Å². The van der Waals surface area contributed by atoms with E-state index in [1.165, 1.54) is 0 Å². The first-order chi connectivity index (χ1) is 3.15. The van der Waals surface area contributed by atoms with E-state index in [-0.39, 0.29) is 14.1 Å². The molecule has 0 heterocycles. The molecule has 0 nitrogen and oxygen atoms in total. The molecule has 2 heteroatoms. The third-order valence-corrected chi connectivity index (χ3v) is 0. The molecule has 0 saturated carbocycles. The van der Waals surface area contributed by atoms with Crippen LogP contribution in [0.15, 0.2) is 0 Å². The van der Waals surface area contributed by atoms with E-state index in [9.17, 15) is 0 Å². The molecule has 0 saturated heterocycles. The minimum atomic E-state index is -0.139. The highest BCUT2D eigenvalue weighted by Gasteiger charge is 1.81. The van der Waals surface area contributed by atoms with Gasteiger partial charge in [0, 0.05) is 0 Å². The molecule has 0 spiro atoms. The van der Waals surface area contributed by atoms with Crippen LogP contribution < -0.4 is 0 Å². The van der Waals surface area contributed by atoms with Crippen LogP contribution in [0.4, 0.5) is 0 Å².